The smallest absolute Gasteiger partial charge is 0.407 e. The van der Waals surface area contributed by atoms with Crippen molar-refractivity contribution in [3.05, 3.63) is 0 Å². The van der Waals surface area contributed by atoms with Crippen molar-refractivity contribution in [1.29, 1.82) is 0 Å². The molecule has 0 heterocycles. The molecule has 0 bridgehead atoms. The molecule has 1 aliphatic rings. The fourth-order valence-electron chi connectivity index (χ4n) is 2.20. The van der Waals surface area contributed by atoms with Gasteiger partial charge in [0.2, 0.25) is 0 Å². The molecule has 3 N–H and O–H groups in total. The minimum atomic E-state index is -0.575. The number of aliphatic hydroxyl groups excluding tert-OH is 1. The number of nitrogens with one attached hydrogen (secondary N) is 2. The van der Waals surface area contributed by atoms with Crippen molar-refractivity contribution < 1.29 is 14.6 Å². The first-order valence-corrected chi connectivity index (χ1v) is 7.25. The second kappa shape index (κ2) is 7.70. The summed E-state index contributed by atoms with van der Waals surface area (Å²) in [5, 5.41) is 15.7. The molecule has 0 radical (unpaired) electrons. The van der Waals surface area contributed by atoms with Crippen molar-refractivity contribution >= 4 is 6.09 Å². The number of amides is 1. The maximum atomic E-state index is 11.4. The van der Waals surface area contributed by atoms with E-state index in [2.05, 4.69) is 10.6 Å². The molecule has 1 aliphatic carbocycles. The van der Waals surface area contributed by atoms with E-state index in [-0.39, 0.29) is 6.54 Å². The van der Waals surface area contributed by atoms with E-state index in [9.17, 15) is 9.90 Å². The molecular formula is C14H28N2O3. The Bertz CT molecular complexity index is 270. The fourth-order valence-corrected chi connectivity index (χ4v) is 2.20. The van der Waals surface area contributed by atoms with Gasteiger partial charge in [0.25, 0.3) is 0 Å². The SMILES string of the molecule is CC(C)(C)OC(=O)NC[C@@H](O)CNC1CCCCC1. The summed E-state index contributed by atoms with van der Waals surface area (Å²) in [6.07, 6.45) is 5.17. The van der Waals surface area contributed by atoms with Crippen LogP contribution >= 0.6 is 0 Å². The number of carbonyl (C=O) groups is 1. The summed E-state index contributed by atoms with van der Waals surface area (Å²) in [6, 6.07) is 0.518. The van der Waals surface area contributed by atoms with Crippen LogP contribution in [0.15, 0.2) is 0 Å². The second-order valence-electron chi connectivity index (χ2n) is 6.28. The highest BCUT2D eigenvalue weighted by Gasteiger charge is 2.18. The van der Waals surface area contributed by atoms with Gasteiger partial charge in [-0.25, -0.2) is 4.79 Å². The van der Waals surface area contributed by atoms with Crippen molar-refractivity contribution in [3.8, 4) is 0 Å². The van der Waals surface area contributed by atoms with Crippen LogP contribution in [0.4, 0.5) is 4.79 Å². The van der Waals surface area contributed by atoms with Gasteiger partial charge in [0.05, 0.1) is 6.10 Å². The third kappa shape index (κ3) is 8.06. The Kier molecular flexibility index (Phi) is 6.58. The minimum absolute atomic E-state index is 0.217. The molecule has 1 amide bonds. The van der Waals surface area contributed by atoms with Crippen molar-refractivity contribution in [3.63, 3.8) is 0 Å². The summed E-state index contributed by atoms with van der Waals surface area (Å²) in [7, 11) is 0. The molecular weight excluding hydrogens is 244 g/mol. The Morgan fingerprint density at radius 1 is 1.26 bits per heavy atom. The molecule has 5 nitrogen and oxygen atoms in total. The Labute approximate surface area is 116 Å². The zero-order valence-corrected chi connectivity index (χ0v) is 12.4. The van der Waals surface area contributed by atoms with Gasteiger partial charge in [0.15, 0.2) is 0 Å². The predicted octanol–water partition coefficient (Wildman–Crippen LogP) is 1.79. The monoisotopic (exact) mass is 272 g/mol. The van der Waals surface area contributed by atoms with Crippen LogP contribution in [-0.4, -0.2) is 42.0 Å². The Morgan fingerprint density at radius 2 is 1.89 bits per heavy atom. The number of hydrogen-bond acceptors (Lipinski definition) is 4. The molecule has 1 atom stereocenters. The summed E-state index contributed by atoms with van der Waals surface area (Å²) >= 11 is 0. The van der Waals surface area contributed by atoms with Crippen molar-refractivity contribution in [1.82, 2.24) is 10.6 Å². The van der Waals surface area contributed by atoms with Crippen LogP contribution in [0.1, 0.15) is 52.9 Å². The average Bonchev–Trinajstić information content (AvgIpc) is 2.33. The number of hydrogen-bond donors (Lipinski definition) is 3. The van der Waals surface area contributed by atoms with E-state index in [0.717, 1.165) is 0 Å². The van der Waals surface area contributed by atoms with Crippen molar-refractivity contribution in [2.45, 2.75) is 70.6 Å². The Balaban J connectivity index is 2.10. The standard InChI is InChI=1S/C14H28N2O3/c1-14(2,3)19-13(18)16-10-12(17)9-15-11-7-5-4-6-8-11/h11-12,15,17H,4-10H2,1-3H3,(H,16,18)/t12-/m0/s1. The van der Waals surface area contributed by atoms with Gasteiger partial charge in [-0.15, -0.1) is 0 Å². The zero-order chi connectivity index (χ0) is 14.3. The summed E-state index contributed by atoms with van der Waals surface area (Å²) in [4.78, 5) is 11.4. The van der Waals surface area contributed by atoms with Gasteiger partial charge in [-0.05, 0) is 33.6 Å². The first kappa shape index (κ1) is 16.2. The molecule has 1 fully saturated rings. The zero-order valence-electron chi connectivity index (χ0n) is 12.4. The summed E-state index contributed by atoms with van der Waals surface area (Å²) in [5.74, 6) is 0. The van der Waals surface area contributed by atoms with Crippen LogP contribution in [0.5, 0.6) is 0 Å². The number of ether oxygens (including phenoxy) is 1. The van der Waals surface area contributed by atoms with E-state index < -0.39 is 17.8 Å². The van der Waals surface area contributed by atoms with E-state index >= 15 is 0 Å². The normalized spacial score (nSPS) is 18.9. The molecule has 1 rings (SSSR count). The molecule has 5 heteroatoms. The minimum Gasteiger partial charge on any atom is -0.444 e. The van der Waals surface area contributed by atoms with Gasteiger partial charge < -0.3 is 20.5 Å². The lowest BCUT2D eigenvalue weighted by Gasteiger charge is -2.24. The number of aliphatic hydroxyl groups is 1. The second-order valence-corrected chi connectivity index (χ2v) is 6.28. The number of alkyl carbamates (subject to hydrolysis) is 1. The highest BCUT2D eigenvalue weighted by molar-refractivity contribution is 5.67. The third-order valence-corrected chi connectivity index (χ3v) is 3.13. The van der Waals surface area contributed by atoms with Crippen molar-refractivity contribution in [2.75, 3.05) is 13.1 Å². The molecule has 0 aliphatic heterocycles. The summed E-state index contributed by atoms with van der Waals surface area (Å²) < 4.78 is 5.10. The lowest BCUT2D eigenvalue weighted by Crippen LogP contribution is -2.43. The predicted molar refractivity (Wildman–Crippen MR) is 75.1 cm³/mol. The molecule has 1 saturated carbocycles. The highest BCUT2D eigenvalue weighted by Crippen LogP contribution is 2.17. The van der Waals surface area contributed by atoms with Crippen LogP contribution < -0.4 is 10.6 Å². The first-order chi connectivity index (χ1) is 8.87. The topological polar surface area (TPSA) is 70.6 Å². The third-order valence-electron chi connectivity index (χ3n) is 3.13. The molecule has 19 heavy (non-hydrogen) atoms. The lowest BCUT2D eigenvalue weighted by atomic mass is 9.95. The molecule has 0 saturated heterocycles. The molecule has 0 aromatic heterocycles. The van der Waals surface area contributed by atoms with Crippen LogP contribution in [0, 0.1) is 0 Å². The van der Waals surface area contributed by atoms with E-state index in [0.29, 0.717) is 12.6 Å². The van der Waals surface area contributed by atoms with Crippen LogP contribution in [0.2, 0.25) is 0 Å². The molecule has 0 spiro atoms. The van der Waals surface area contributed by atoms with Gasteiger partial charge in [-0.1, -0.05) is 19.3 Å². The summed E-state index contributed by atoms with van der Waals surface area (Å²) in [6.45, 7) is 6.17. The summed E-state index contributed by atoms with van der Waals surface area (Å²) in [5.41, 5.74) is -0.505. The van der Waals surface area contributed by atoms with Crippen LogP contribution in [-0.2, 0) is 4.74 Å². The number of carbonyl (C=O) groups excluding carboxylic acids is 1. The van der Waals surface area contributed by atoms with Gasteiger partial charge in [-0.3, -0.25) is 0 Å². The van der Waals surface area contributed by atoms with E-state index in [1.807, 2.05) is 20.8 Å². The Morgan fingerprint density at radius 3 is 2.47 bits per heavy atom. The molecule has 0 aromatic carbocycles. The Hall–Kier alpha value is -0.810. The van der Waals surface area contributed by atoms with Gasteiger partial charge in [-0.2, -0.15) is 0 Å². The van der Waals surface area contributed by atoms with Gasteiger partial charge in [0, 0.05) is 19.1 Å². The maximum absolute atomic E-state index is 11.4. The van der Waals surface area contributed by atoms with E-state index in [4.69, 9.17) is 4.74 Å². The number of rotatable bonds is 5. The first-order valence-electron chi connectivity index (χ1n) is 7.25. The quantitative estimate of drug-likeness (QED) is 0.713. The molecule has 0 unspecified atom stereocenters. The fraction of sp³-hybridized carbons (Fsp3) is 0.929. The van der Waals surface area contributed by atoms with Gasteiger partial charge in [0.1, 0.15) is 5.60 Å². The maximum Gasteiger partial charge on any atom is 0.407 e. The molecule has 112 valence electrons. The van der Waals surface area contributed by atoms with Crippen LogP contribution in [0.3, 0.4) is 0 Å². The average molecular weight is 272 g/mol. The van der Waals surface area contributed by atoms with Crippen molar-refractivity contribution in [2.24, 2.45) is 0 Å². The lowest BCUT2D eigenvalue weighted by molar-refractivity contribution is 0.0490. The molecule has 0 aromatic rings. The van der Waals surface area contributed by atoms with E-state index in [1.165, 1.54) is 32.1 Å². The highest BCUT2D eigenvalue weighted by atomic mass is 16.6. The van der Waals surface area contributed by atoms with Crippen LogP contribution in [0.25, 0.3) is 0 Å². The van der Waals surface area contributed by atoms with Gasteiger partial charge >= 0.3 is 6.09 Å². The van der Waals surface area contributed by atoms with E-state index in [1.54, 1.807) is 0 Å². The largest absolute Gasteiger partial charge is 0.444 e.